The molecule has 1 atom stereocenters. The summed E-state index contributed by atoms with van der Waals surface area (Å²) in [6.07, 6.45) is 5.09. The second-order valence-electron chi connectivity index (χ2n) is 5.22. The van der Waals surface area contributed by atoms with Crippen molar-refractivity contribution in [1.29, 1.82) is 0 Å². The molecule has 2 aromatic heterocycles. The number of likely N-dealkylation sites (tertiary alicyclic amines) is 1. The number of methoxy groups -OCH3 is 1. The van der Waals surface area contributed by atoms with Crippen LogP contribution in [0.1, 0.15) is 35.3 Å². The first-order valence-electron chi connectivity index (χ1n) is 7.00. The van der Waals surface area contributed by atoms with Gasteiger partial charge in [0.2, 0.25) is 0 Å². The van der Waals surface area contributed by atoms with Crippen LogP contribution in [0.4, 0.5) is 0 Å². The van der Waals surface area contributed by atoms with Crippen LogP contribution in [0.2, 0.25) is 0 Å². The molecule has 0 aliphatic carbocycles. The van der Waals surface area contributed by atoms with Crippen molar-refractivity contribution in [1.82, 2.24) is 14.3 Å². The van der Waals surface area contributed by atoms with Crippen molar-refractivity contribution in [2.45, 2.75) is 19.3 Å². The fourth-order valence-corrected chi connectivity index (χ4v) is 2.80. The molecule has 0 bridgehead atoms. The van der Waals surface area contributed by atoms with Crippen LogP contribution in [-0.2, 0) is 4.74 Å². The largest absolute Gasteiger partial charge is 0.465 e. The summed E-state index contributed by atoms with van der Waals surface area (Å²) in [6.45, 7) is 5.50. The minimum atomic E-state index is -0.324. The third-order valence-corrected chi connectivity index (χ3v) is 4.04. The Bertz CT molecular complexity index is 635. The number of aromatic nitrogens is 2. The minimum absolute atomic E-state index is 0.324. The number of carbonyl (C=O) groups is 1. The summed E-state index contributed by atoms with van der Waals surface area (Å²) in [5.41, 5.74) is 2.46. The molecule has 20 heavy (non-hydrogen) atoms. The predicted octanol–water partition coefficient (Wildman–Crippen LogP) is 1.93. The molecule has 2 aromatic rings. The van der Waals surface area contributed by atoms with Crippen molar-refractivity contribution < 1.29 is 9.53 Å². The standard InChI is InChI=1S/C15H19N3O2/c1-3-17-6-4-12(9-17)13-10-18-7-5-11(15(19)20-2)8-14(18)16-13/h5,7-8,10,12H,3-4,6,9H2,1-2H3. The lowest BCUT2D eigenvalue weighted by Gasteiger charge is -2.11. The molecular weight excluding hydrogens is 254 g/mol. The second kappa shape index (κ2) is 5.25. The summed E-state index contributed by atoms with van der Waals surface area (Å²) < 4.78 is 6.71. The molecule has 0 N–H and O–H groups in total. The maximum Gasteiger partial charge on any atom is 0.338 e. The van der Waals surface area contributed by atoms with E-state index in [0.29, 0.717) is 11.5 Å². The molecule has 1 unspecified atom stereocenters. The van der Waals surface area contributed by atoms with Crippen LogP contribution in [0.25, 0.3) is 5.65 Å². The van der Waals surface area contributed by atoms with Crippen molar-refractivity contribution >= 4 is 11.6 Å². The summed E-state index contributed by atoms with van der Waals surface area (Å²) in [5, 5.41) is 0. The van der Waals surface area contributed by atoms with Gasteiger partial charge in [0.1, 0.15) is 5.65 Å². The van der Waals surface area contributed by atoms with Crippen LogP contribution in [0.3, 0.4) is 0 Å². The Morgan fingerprint density at radius 2 is 2.40 bits per heavy atom. The van der Waals surface area contributed by atoms with E-state index in [2.05, 4.69) is 23.0 Å². The van der Waals surface area contributed by atoms with E-state index in [-0.39, 0.29) is 5.97 Å². The smallest absolute Gasteiger partial charge is 0.338 e. The number of fused-ring (bicyclic) bond motifs is 1. The van der Waals surface area contributed by atoms with Crippen LogP contribution in [0.5, 0.6) is 0 Å². The normalized spacial score (nSPS) is 19.6. The van der Waals surface area contributed by atoms with Crippen LogP contribution in [-0.4, -0.2) is 47.0 Å². The molecular formula is C15H19N3O2. The van der Waals surface area contributed by atoms with Gasteiger partial charge in [-0.25, -0.2) is 9.78 Å². The molecule has 0 aromatic carbocycles. The Hall–Kier alpha value is -1.88. The van der Waals surface area contributed by atoms with Gasteiger partial charge in [0.25, 0.3) is 0 Å². The highest BCUT2D eigenvalue weighted by Crippen LogP contribution is 2.26. The van der Waals surface area contributed by atoms with Gasteiger partial charge in [-0.2, -0.15) is 0 Å². The number of rotatable bonds is 3. The Morgan fingerprint density at radius 1 is 1.55 bits per heavy atom. The number of likely N-dealkylation sites (N-methyl/N-ethyl adjacent to an activating group) is 1. The second-order valence-corrected chi connectivity index (χ2v) is 5.22. The van der Waals surface area contributed by atoms with Gasteiger partial charge in [-0.05, 0) is 31.6 Å². The molecule has 1 aliphatic heterocycles. The first-order chi connectivity index (χ1) is 9.71. The van der Waals surface area contributed by atoms with Gasteiger partial charge < -0.3 is 14.0 Å². The van der Waals surface area contributed by atoms with Crippen LogP contribution >= 0.6 is 0 Å². The minimum Gasteiger partial charge on any atom is -0.465 e. The number of esters is 1. The quantitative estimate of drug-likeness (QED) is 0.802. The predicted molar refractivity (Wildman–Crippen MR) is 76.0 cm³/mol. The van der Waals surface area contributed by atoms with Crippen LogP contribution < -0.4 is 0 Å². The van der Waals surface area contributed by atoms with Crippen LogP contribution in [0.15, 0.2) is 24.5 Å². The molecule has 5 nitrogen and oxygen atoms in total. The Balaban J connectivity index is 1.89. The molecule has 5 heteroatoms. The van der Waals surface area contributed by atoms with E-state index in [1.165, 1.54) is 7.11 Å². The lowest BCUT2D eigenvalue weighted by Crippen LogP contribution is -2.19. The third-order valence-electron chi connectivity index (χ3n) is 4.04. The van der Waals surface area contributed by atoms with E-state index in [0.717, 1.165) is 37.4 Å². The van der Waals surface area contributed by atoms with Crippen molar-refractivity contribution in [3.05, 3.63) is 35.8 Å². The molecule has 0 spiro atoms. The maximum atomic E-state index is 11.5. The summed E-state index contributed by atoms with van der Waals surface area (Å²) in [5.74, 6) is 0.173. The molecule has 3 rings (SSSR count). The Morgan fingerprint density at radius 3 is 3.10 bits per heavy atom. The zero-order valence-electron chi connectivity index (χ0n) is 11.9. The zero-order chi connectivity index (χ0) is 14.1. The molecule has 0 radical (unpaired) electrons. The average Bonchev–Trinajstić information content (AvgIpc) is 3.11. The Labute approximate surface area is 118 Å². The number of pyridine rings is 1. The van der Waals surface area contributed by atoms with Crippen molar-refractivity contribution in [2.75, 3.05) is 26.7 Å². The molecule has 1 fully saturated rings. The van der Waals surface area contributed by atoms with Gasteiger partial charge in [0, 0.05) is 24.9 Å². The number of hydrogen-bond donors (Lipinski definition) is 0. The van der Waals surface area contributed by atoms with Crippen LogP contribution in [0, 0.1) is 0 Å². The number of carbonyl (C=O) groups excluding carboxylic acids is 1. The molecule has 3 heterocycles. The van der Waals surface area contributed by atoms with E-state index in [1.807, 2.05) is 10.6 Å². The fourth-order valence-electron chi connectivity index (χ4n) is 2.80. The number of nitrogens with zero attached hydrogens (tertiary/aromatic N) is 3. The van der Waals surface area contributed by atoms with E-state index in [9.17, 15) is 4.79 Å². The zero-order valence-corrected chi connectivity index (χ0v) is 11.9. The highest BCUT2D eigenvalue weighted by Gasteiger charge is 2.24. The van der Waals surface area contributed by atoms with Gasteiger partial charge in [0.15, 0.2) is 0 Å². The summed E-state index contributed by atoms with van der Waals surface area (Å²) in [4.78, 5) is 18.6. The highest BCUT2D eigenvalue weighted by molar-refractivity contribution is 5.90. The average molecular weight is 273 g/mol. The van der Waals surface area contributed by atoms with Gasteiger partial charge in [-0.15, -0.1) is 0 Å². The molecule has 106 valence electrons. The SMILES string of the molecule is CCN1CCC(c2cn3ccc(C(=O)OC)cc3n2)C1. The number of ether oxygens (including phenoxy) is 1. The third kappa shape index (κ3) is 2.29. The van der Waals surface area contributed by atoms with Crippen molar-refractivity contribution in [3.8, 4) is 0 Å². The van der Waals surface area contributed by atoms with Gasteiger partial charge >= 0.3 is 5.97 Å². The number of imidazole rings is 1. The van der Waals surface area contributed by atoms with Gasteiger partial charge in [-0.1, -0.05) is 6.92 Å². The van der Waals surface area contributed by atoms with E-state index < -0.39 is 0 Å². The molecule has 0 amide bonds. The molecule has 0 saturated carbocycles. The van der Waals surface area contributed by atoms with E-state index >= 15 is 0 Å². The lowest BCUT2D eigenvalue weighted by atomic mass is 10.1. The molecule has 1 saturated heterocycles. The first-order valence-corrected chi connectivity index (χ1v) is 7.00. The summed E-state index contributed by atoms with van der Waals surface area (Å²) >= 11 is 0. The first kappa shape index (κ1) is 13.1. The monoisotopic (exact) mass is 273 g/mol. The fraction of sp³-hybridized carbons (Fsp3) is 0.467. The summed E-state index contributed by atoms with van der Waals surface area (Å²) in [6, 6.07) is 3.54. The number of hydrogen-bond acceptors (Lipinski definition) is 4. The van der Waals surface area contributed by atoms with Crippen molar-refractivity contribution in [3.63, 3.8) is 0 Å². The Kier molecular flexibility index (Phi) is 3.44. The summed E-state index contributed by atoms with van der Waals surface area (Å²) in [7, 11) is 1.39. The van der Waals surface area contributed by atoms with Crippen molar-refractivity contribution in [2.24, 2.45) is 0 Å². The topological polar surface area (TPSA) is 46.8 Å². The van der Waals surface area contributed by atoms with E-state index in [1.54, 1.807) is 12.1 Å². The highest BCUT2D eigenvalue weighted by atomic mass is 16.5. The van der Waals surface area contributed by atoms with E-state index in [4.69, 9.17) is 4.74 Å². The molecule has 1 aliphatic rings. The van der Waals surface area contributed by atoms with Gasteiger partial charge in [-0.3, -0.25) is 0 Å². The maximum absolute atomic E-state index is 11.5. The van der Waals surface area contributed by atoms with Gasteiger partial charge in [0.05, 0.1) is 18.4 Å². The lowest BCUT2D eigenvalue weighted by molar-refractivity contribution is 0.0600.